The van der Waals surface area contributed by atoms with Crippen LogP contribution in [-0.4, -0.2) is 61.8 Å². The van der Waals surface area contributed by atoms with Crippen LogP contribution in [0.15, 0.2) is 47.1 Å². The smallest absolute Gasteiger partial charge is 0.139 e. The monoisotopic (exact) mass is 1480 g/mol. The summed E-state index contributed by atoms with van der Waals surface area (Å²) in [4.78, 5) is 12.4. The molecule has 0 amide bonds. The first-order valence-electron chi connectivity index (χ1n) is 47.3. The number of fused-ring (bicyclic) bond motifs is 18. The molecule has 610 valence electrons. The summed E-state index contributed by atoms with van der Waals surface area (Å²) < 4.78 is 0. The molecule has 6 nitrogen and oxygen atoms in total. The largest absolute Gasteiger partial charge is 0.393 e. The summed E-state index contributed by atoms with van der Waals surface area (Å²) in [5.41, 5.74) is 7.30. The van der Waals surface area contributed by atoms with Gasteiger partial charge in [0.2, 0.25) is 0 Å². The molecule has 11 saturated carbocycles. The lowest BCUT2D eigenvalue weighted by Crippen LogP contribution is -2.50. The number of carbonyl (C=O) groups is 1. The van der Waals surface area contributed by atoms with Crippen LogP contribution in [0.25, 0.3) is 0 Å². The third kappa shape index (κ3) is 16.8. The fraction of sp³-hybridized carbons (Fsp3) is 0.911. The maximum atomic E-state index is 12.4. The Balaban J connectivity index is 0.000000134. The second kappa shape index (κ2) is 34.3. The van der Waals surface area contributed by atoms with Crippen LogP contribution >= 0.6 is 0 Å². The van der Waals surface area contributed by atoms with Crippen molar-refractivity contribution in [3.63, 3.8) is 0 Å². The zero-order chi connectivity index (χ0) is 77.1. The molecule has 15 aliphatic rings. The average Bonchev–Trinajstić information content (AvgIpc) is 1.53. The topological polar surface area (TPSA) is 118 Å². The molecule has 32 atom stereocenters. The Kier molecular flexibility index (Phi) is 27.2. The van der Waals surface area contributed by atoms with Crippen LogP contribution in [0.3, 0.4) is 0 Å². The third-order valence-corrected chi connectivity index (χ3v) is 38.4. The molecule has 0 heterocycles. The van der Waals surface area contributed by atoms with Crippen molar-refractivity contribution >= 4 is 5.78 Å². The van der Waals surface area contributed by atoms with Gasteiger partial charge >= 0.3 is 0 Å². The van der Waals surface area contributed by atoms with Gasteiger partial charge in [0.25, 0.3) is 0 Å². The molecule has 6 heteroatoms. The molecule has 0 spiro atoms. The van der Waals surface area contributed by atoms with E-state index in [0.717, 1.165) is 190 Å². The highest BCUT2D eigenvalue weighted by Gasteiger charge is 2.63. The van der Waals surface area contributed by atoms with E-state index in [1.165, 1.54) is 166 Å². The van der Waals surface area contributed by atoms with Crippen molar-refractivity contribution in [1.29, 1.82) is 0 Å². The summed E-state index contributed by atoms with van der Waals surface area (Å²) in [5.74, 6) is 18.8. The van der Waals surface area contributed by atoms with Crippen LogP contribution in [0.2, 0.25) is 0 Å². The van der Waals surface area contributed by atoms with E-state index in [0.29, 0.717) is 73.8 Å². The minimum Gasteiger partial charge on any atom is -0.393 e. The number of hydrogen-bond acceptors (Lipinski definition) is 6. The number of allylic oxidation sites excluding steroid dienone is 5. The summed E-state index contributed by atoms with van der Waals surface area (Å²) in [6.07, 6.45) is 60.4. The number of aliphatic hydroxyl groups excluding tert-OH is 5. The highest BCUT2D eigenvalue weighted by atomic mass is 16.3. The molecule has 0 saturated heterocycles. The Morgan fingerprint density at radius 1 is 0.374 bits per heavy atom. The van der Waals surface area contributed by atoms with Crippen molar-refractivity contribution in [2.24, 2.45) is 174 Å². The molecular formula is C101H170O6. The Morgan fingerprint density at radius 3 is 1.28 bits per heavy atom. The standard InChI is InChI=1S/C28H50O.C27H46O2.C27H46O.C19H28O2/c1-19(2)11-16-27(29)22(5)25-14-15-26-24-10-8-7-9-20(3)12-13-21(4)23(24)17-18-28(25,26)6;1-17(2)25(29)11-6-18(3)22-9-10-23-21-8-7-19-16-20(28)12-14-26(19,4)24(21)13-15-27(22,23)5;1-18(2)7-6-8-19(3)23-11-12-24-22-10-9-20-17-21(28)13-15-26(20,4)25(22)14-16-27(23,24)5;1-18-9-7-13(20)11-12(18)3-4-14-15-5-6-17(21)19(15,2)10-8-16(14)18/h7-8,19-27,29H,9-18H2,1-6H3;7,17-18,20-25,28-29H,6,8-16H2,1-5H3;9,18-19,21-25,28H,6-8,10-17H2,1-5H3;3,13-16,20H,4-11H2,1-2H3/b8-7+;;;/t20?,21-,22-,23+,24+,25+,26-,27+,28+;18-,20?,21+,22-,23+,24+,25+,26+,27-;19-,21+,22+,23-,24+,25+,26+,27-;13-,14-,15-,16-,18-,19-/m0110/s1. The van der Waals surface area contributed by atoms with E-state index in [9.17, 15) is 30.3 Å². The predicted octanol–water partition coefficient (Wildman–Crippen LogP) is 25.5. The van der Waals surface area contributed by atoms with Crippen LogP contribution in [0.4, 0.5) is 0 Å². The number of Topliss-reactive ketones (excluding diaryl/α,β-unsaturated/α-hetero) is 1. The fourth-order valence-corrected chi connectivity index (χ4v) is 31.4. The van der Waals surface area contributed by atoms with Gasteiger partial charge in [-0.1, -0.05) is 204 Å². The normalized spacial score (nSPS) is 47.0. The van der Waals surface area contributed by atoms with Gasteiger partial charge in [-0.05, 0) is 380 Å². The number of rotatable bonds is 15. The molecule has 5 N–H and O–H groups in total. The SMILES string of the molecule is CC(C)CCC[C@@H](C)[C@H]1CC[C@H]2[C@@H]3CC=C4C[C@@H](O)CC[C@]4(C)[C@H]3CC[C@]12C.CC(C)CC[C@@H](O)[C@@H](C)[C@H]1CC[C@H]2[C@@H]3C/C=C/CC(C)CC[C@H](C)[C@H]3CC[C@]12C.CC(C)[C@@H](O)CC[C@@H](C)[C@H]1CC[C@H]2[C@@H]3CC=C4CC(O)CC[C@]4(C)[C@H]3CC[C@]12C.C[C@]12CC[C@H](O)CC1=CC[C@@H]1[C@@H]2CC[C@]2(C)C(=O)CC[C@@H]12. The molecule has 15 aliphatic carbocycles. The molecule has 11 fully saturated rings. The van der Waals surface area contributed by atoms with Gasteiger partial charge in [-0.25, -0.2) is 0 Å². The molecule has 15 rings (SSSR count). The maximum absolute atomic E-state index is 12.4. The lowest BCUT2D eigenvalue weighted by Gasteiger charge is -2.58. The van der Waals surface area contributed by atoms with Gasteiger partial charge in [-0.2, -0.15) is 0 Å². The number of carbonyl (C=O) groups excluding carboxylic acids is 1. The van der Waals surface area contributed by atoms with Gasteiger partial charge in [-0.15, -0.1) is 0 Å². The van der Waals surface area contributed by atoms with Crippen LogP contribution in [0.5, 0.6) is 0 Å². The third-order valence-electron chi connectivity index (χ3n) is 38.4. The van der Waals surface area contributed by atoms with Gasteiger partial charge in [0.05, 0.1) is 30.5 Å². The lowest BCUT2D eigenvalue weighted by atomic mass is 9.47. The maximum Gasteiger partial charge on any atom is 0.139 e. The molecule has 2 unspecified atom stereocenters. The molecule has 0 bridgehead atoms. The minimum absolute atomic E-state index is 0.0168. The fourth-order valence-electron chi connectivity index (χ4n) is 31.4. The molecule has 0 aromatic rings. The molecule has 107 heavy (non-hydrogen) atoms. The molecule has 0 radical (unpaired) electrons. The van der Waals surface area contributed by atoms with E-state index < -0.39 is 0 Å². The van der Waals surface area contributed by atoms with Crippen LogP contribution in [0, 0.1) is 174 Å². The van der Waals surface area contributed by atoms with Crippen molar-refractivity contribution in [1.82, 2.24) is 0 Å². The van der Waals surface area contributed by atoms with Crippen molar-refractivity contribution < 1.29 is 30.3 Å². The van der Waals surface area contributed by atoms with E-state index in [-0.39, 0.29) is 35.9 Å². The van der Waals surface area contributed by atoms with E-state index >= 15 is 0 Å². The number of aliphatic hydroxyl groups is 5. The highest BCUT2D eigenvalue weighted by Crippen LogP contribution is 2.71. The van der Waals surface area contributed by atoms with Crippen LogP contribution in [0.1, 0.15) is 375 Å². The summed E-state index contributed by atoms with van der Waals surface area (Å²) >= 11 is 0. The van der Waals surface area contributed by atoms with Gasteiger partial charge in [0.1, 0.15) is 5.78 Å². The lowest BCUT2D eigenvalue weighted by molar-refractivity contribution is -0.132. The van der Waals surface area contributed by atoms with E-state index in [1.54, 1.807) is 11.1 Å². The van der Waals surface area contributed by atoms with Crippen molar-refractivity contribution in [3.8, 4) is 0 Å². The van der Waals surface area contributed by atoms with Crippen molar-refractivity contribution in [2.45, 2.75) is 406 Å². The van der Waals surface area contributed by atoms with Gasteiger partial charge < -0.3 is 25.5 Å². The predicted molar refractivity (Wildman–Crippen MR) is 448 cm³/mol. The van der Waals surface area contributed by atoms with E-state index in [4.69, 9.17) is 0 Å². The molecule has 0 aliphatic heterocycles. The van der Waals surface area contributed by atoms with Crippen molar-refractivity contribution in [2.75, 3.05) is 0 Å². The molecule has 0 aromatic heterocycles. The first kappa shape index (κ1) is 84.8. The minimum atomic E-state index is -0.137. The summed E-state index contributed by atoms with van der Waals surface area (Å²) in [6.45, 7) is 43.7. The van der Waals surface area contributed by atoms with Gasteiger partial charge in [0, 0.05) is 11.8 Å². The quantitative estimate of drug-likeness (QED) is 0.104. The molecule has 0 aromatic carbocycles. The molecular weight excluding hydrogens is 1310 g/mol. The summed E-state index contributed by atoms with van der Waals surface area (Å²) in [6, 6.07) is 0. The second-order valence-corrected chi connectivity index (χ2v) is 45.2. The number of ketones is 1. The first-order valence-corrected chi connectivity index (χ1v) is 47.3. The highest BCUT2D eigenvalue weighted by molar-refractivity contribution is 5.87. The second-order valence-electron chi connectivity index (χ2n) is 45.2. The Labute approximate surface area is 659 Å². The summed E-state index contributed by atoms with van der Waals surface area (Å²) in [5, 5.41) is 51.7. The van der Waals surface area contributed by atoms with Gasteiger partial charge in [-0.3, -0.25) is 4.79 Å². The van der Waals surface area contributed by atoms with E-state index in [2.05, 4.69) is 155 Å². The Bertz CT molecular complexity index is 3060. The zero-order valence-corrected chi connectivity index (χ0v) is 72.8. The van der Waals surface area contributed by atoms with Crippen LogP contribution < -0.4 is 0 Å². The Morgan fingerprint density at radius 2 is 0.785 bits per heavy atom. The Hall–Kier alpha value is -1.57. The summed E-state index contributed by atoms with van der Waals surface area (Å²) in [7, 11) is 0. The van der Waals surface area contributed by atoms with Crippen LogP contribution in [-0.2, 0) is 4.79 Å². The van der Waals surface area contributed by atoms with E-state index in [1.807, 2.05) is 0 Å². The zero-order valence-electron chi connectivity index (χ0n) is 72.8. The van der Waals surface area contributed by atoms with Crippen molar-refractivity contribution in [3.05, 3.63) is 47.1 Å². The average molecular weight is 1480 g/mol. The van der Waals surface area contributed by atoms with Gasteiger partial charge in [0.15, 0.2) is 0 Å². The number of hydrogen-bond donors (Lipinski definition) is 5. The first-order chi connectivity index (χ1) is 50.6.